The second kappa shape index (κ2) is 10.6. The van der Waals surface area contributed by atoms with E-state index in [9.17, 15) is 30.4 Å². The summed E-state index contributed by atoms with van der Waals surface area (Å²) in [4.78, 5) is 0. The van der Waals surface area contributed by atoms with Crippen LogP contribution < -0.4 is 10.6 Å². The molecule has 0 aromatic heterocycles. The monoisotopic (exact) mass is 404 g/mol. The smallest absolute Gasteiger partial charge is 0.264 e. The van der Waals surface area contributed by atoms with Crippen LogP contribution in [0.4, 0.5) is 27.6 Å². The lowest BCUT2D eigenvalue weighted by atomic mass is 10.2. The van der Waals surface area contributed by atoms with Crippen molar-refractivity contribution in [3.63, 3.8) is 0 Å². The van der Waals surface area contributed by atoms with Gasteiger partial charge in [-0.15, -0.1) is 0 Å². The summed E-state index contributed by atoms with van der Waals surface area (Å²) in [6, 6.07) is 0. The fourth-order valence-electron chi connectivity index (χ4n) is 2.21. The number of rotatable bonds is 12. The van der Waals surface area contributed by atoms with Gasteiger partial charge in [0.1, 0.15) is 5.69 Å². The fourth-order valence-corrected chi connectivity index (χ4v) is 2.72. The lowest BCUT2D eigenvalue weighted by Crippen LogP contribution is -2.19. The van der Waals surface area contributed by atoms with Crippen molar-refractivity contribution in [3.05, 3.63) is 29.1 Å². The molecule has 0 bridgehead atoms. The summed E-state index contributed by atoms with van der Waals surface area (Å²) in [5, 5.41) is 5.23. The molecule has 0 heterocycles. The summed E-state index contributed by atoms with van der Waals surface area (Å²) in [5.74, 6) is -10.2. The minimum atomic E-state index is -3.94. The Hall–Kier alpha value is -1.46. The summed E-state index contributed by atoms with van der Waals surface area (Å²) in [6.07, 6.45) is 2.99. The SMILES string of the molecule is O=S(=O)(O)CCCNCCCCCCNc1c(F)c(F)c(F)c(F)c1F. The zero-order valence-corrected chi connectivity index (χ0v) is 14.7. The van der Waals surface area contributed by atoms with Gasteiger partial charge in [0.2, 0.25) is 5.82 Å². The van der Waals surface area contributed by atoms with Crippen molar-refractivity contribution >= 4 is 15.8 Å². The Balaban J connectivity index is 2.17. The molecule has 0 spiro atoms. The summed E-state index contributed by atoms with van der Waals surface area (Å²) in [6.45, 7) is 1.14. The van der Waals surface area contributed by atoms with Gasteiger partial charge in [-0.25, -0.2) is 22.0 Å². The summed E-state index contributed by atoms with van der Waals surface area (Å²) < 4.78 is 95.2. The van der Waals surface area contributed by atoms with Crippen LogP contribution in [0, 0.1) is 29.1 Å². The van der Waals surface area contributed by atoms with Crippen molar-refractivity contribution in [3.8, 4) is 0 Å². The number of hydrogen-bond acceptors (Lipinski definition) is 4. The third-order valence-corrected chi connectivity index (χ3v) is 4.35. The second-order valence-corrected chi connectivity index (χ2v) is 7.25. The van der Waals surface area contributed by atoms with Crippen molar-refractivity contribution in [1.29, 1.82) is 0 Å². The molecule has 0 unspecified atom stereocenters. The molecule has 0 saturated heterocycles. The molecule has 5 nitrogen and oxygen atoms in total. The van der Waals surface area contributed by atoms with Crippen molar-refractivity contribution in [2.75, 3.05) is 30.7 Å². The predicted molar refractivity (Wildman–Crippen MR) is 87.1 cm³/mol. The molecule has 0 amide bonds. The first-order chi connectivity index (χ1) is 12.1. The lowest BCUT2D eigenvalue weighted by molar-refractivity contribution is 0.381. The van der Waals surface area contributed by atoms with E-state index in [2.05, 4.69) is 10.6 Å². The van der Waals surface area contributed by atoms with Crippen LogP contribution in [0.2, 0.25) is 0 Å². The summed E-state index contributed by atoms with van der Waals surface area (Å²) >= 11 is 0. The standard InChI is InChI=1S/C15H21F5N2O3S/c16-10-11(17)13(19)15(14(20)12(10)18)22-8-4-2-1-3-6-21-7-5-9-26(23,24)25/h21-22H,1-9H2,(H,23,24,25). The van der Waals surface area contributed by atoms with Gasteiger partial charge in [-0.1, -0.05) is 12.8 Å². The number of nitrogens with one attached hydrogen (secondary N) is 2. The van der Waals surface area contributed by atoms with E-state index in [1.54, 1.807) is 0 Å². The van der Waals surface area contributed by atoms with Gasteiger partial charge >= 0.3 is 0 Å². The number of benzene rings is 1. The van der Waals surface area contributed by atoms with Gasteiger partial charge in [0.25, 0.3) is 10.1 Å². The molecule has 0 fully saturated rings. The highest BCUT2D eigenvalue weighted by Crippen LogP contribution is 2.27. The van der Waals surface area contributed by atoms with E-state index in [-0.39, 0.29) is 12.3 Å². The van der Waals surface area contributed by atoms with E-state index in [0.717, 1.165) is 12.8 Å². The van der Waals surface area contributed by atoms with Crippen LogP contribution in [0.15, 0.2) is 0 Å². The van der Waals surface area contributed by atoms with E-state index in [1.807, 2.05) is 0 Å². The van der Waals surface area contributed by atoms with E-state index < -0.39 is 44.9 Å². The molecule has 26 heavy (non-hydrogen) atoms. The molecule has 1 aromatic rings. The molecule has 0 atom stereocenters. The Morgan fingerprint density at radius 2 is 1.15 bits per heavy atom. The largest absolute Gasteiger partial charge is 0.380 e. The molecule has 150 valence electrons. The van der Waals surface area contributed by atoms with Gasteiger partial charge in [-0.05, 0) is 32.4 Å². The average molecular weight is 404 g/mol. The Bertz CT molecular complexity index is 672. The highest BCUT2D eigenvalue weighted by atomic mass is 32.2. The number of unbranched alkanes of at least 4 members (excludes halogenated alkanes) is 3. The zero-order chi connectivity index (χ0) is 19.7. The van der Waals surface area contributed by atoms with Crippen molar-refractivity contribution in [2.45, 2.75) is 32.1 Å². The lowest BCUT2D eigenvalue weighted by Gasteiger charge is -2.10. The fraction of sp³-hybridized carbons (Fsp3) is 0.600. The van der Waals surface area contributed by atoms with Crippen LogP contribution in [0.5, 0.6) is 0 Å². The predicted octanol–water partition coefficient (Wildman–Crippen LogP) is 3.22. The topological polar surface area (TPSA) is 78.4 Å². The summed E-state index contributed by atoms with van der Waals surface area (Å²) in [5.41, 5.74) is -1.03. The Morgan fingerprint density at radius 1 is 0.692 bits per heavy atom. The van der Waals surface area contributed by atoms with Crippen molar-refractivity contribution in [2.24, 2.45) is 0 Å². The van der Waals surface area contributed by atoms with Crippen molar-refractivity contribution in [1.82, 2.24) is 5.32 Å². The highest BCUT2D eigenvalue weighted by Gasteiger charge is 2.25. The van der Waals surface area contributed by atoms with Gasteiger partial charge in [0.15, 0.2) is 23.3 Å². The average Bonchev–Trinajstić information content (AvgIpc) is 2.57. The minimum absolute atomic E-state index is 0.0557. The maximum absolute atomic E-state index is 13.4. The molecule has 0 aliphatic rings. The molecule has 11 heteroatoms. The maximum Gasteiger partial charge on any atom is 0.264 e. The van der Waals surface area contributed by atoms with E-state index >= 15 is 0 Å². The molecule has 0 aliphatic heterocycles. The molecule has 3 N–H and O–H groups in total. The first-order valence-electron chi connectivity index (χ1n) is 8.06. The third-order valence-electron chi connectivity index (χ3n) is 3.55. The zero-order valence-electron chi connectivity index (χ0n) is 13.9. The Labute approximate surface area is 148 Å². The van der Waals surface area contributed by atoms with E-state index in [4.69, 9.17) is 4.55 Å². The molecule has 1 aromatic carbocycles. The summed E-state index contributed by atoms with van der Waals surface area (Å²) in [7, 11) is -3.94. The molecule has 1 rings (SSSR count). The van der Waals surface area contributed by atoms with Crippen LogP contribution in [0.3, 0.4) is 0 Å². The van der Waals surface area contributed by atoms with Crippen LogP contribution in [-0.4, -0.2) is 38.4 Å². The van der Waals surface area contributed by atoms with E-state index in [0.29, 0.717) is 32.4 Å². The van der Waals surface area contributed by atoms with Crippen LogP contribution in [-0.2, 0) is 10.1 Å². The van der Waals surface area contributed by atoms with Gasteiger partial charge in [-0.3, -0.25) is 4.55 Å². The second-order valence-electron chi connectivity index (χ2n) is 5.68. The maximum atomic E-state index is 13.4. The normalized spacial score (nSPS) is 11.8. The Morgan fingerprint density at radius 3 is 1.69 bits per heavy atom. The number of hydrogen-bond donors (Lipinski definition) is 3. The molecule has 0 saturated carbocycles. The number of halogens is 5. The van der Waals surface area contributed by atoms with Crippen LogP contribution in [0.1, 0.15) is 32.1 Å². The Kier molecular flexibility index (Phi) is 9.23. The molecular formula is C15H21F5N2O3S. The van der Waals surface area contributed by atoms with Crippen LogP contribution in [0.25, 0.3) is 0 Å². The quantitative estimate of drug-likeness (QED) is 0.164. The highest BCUT2D eigenvalue weighted by molar-refractivity contribution is 7.85. The molecule has 0 radical (unpaired) electrons. The minimum Gasteiger partial charge on any atom is -0.380 e. The first-order valence-corrected chi connectivity index (χ1v) is 9.67. The van der Waals surface area contributed by atoms with E-state index in [1.165, 1.54) is 0 Å². The number of anilines is 1. The molecular weight excluding hydrogens is 383 g/mol. The van der Waals surface area contributed by atoms with Gasteiger partial charge in [0.05, 0.1) is 5.75 Å². The van der Waals surface area contributed by atoms with Gasteiger partial charge in [0, 0.05) is 6.54 Å². The third kappa shape index (κ3) is 7.42. The van der Waals surface area contributed by atoms with Gasteiger partial charge < -0.3 is 10.6 Å². The van der Waals surface area contributed by atoms with Gasteiger partial charge in [-0.2, -0.15) is 8.42 Å². The van der Waals surface area contributed by atoms with Crippen LogP contribution >= 0.6 is 0 Å². The van der Waals surface area contributed by atoms with Crippen molar-refractivity contribution < 1.29 is 34.9 Å². The molecule has 0 aliphatic carbocycles. The first kappa shape index (κ1) is 22.6.